The van der Waals surface area contributed by atoms with Crippen LogP contribution in [0.3, 0.4) is 0 Å². The summed E-state index contributed by atoms with van der Waals surface area (Å²) in [5.74, 6) is 0. The van der Waals surface area contributed by atoms with Gasteiger partial charge in [-0.2, -0.15) is 5.26 Å². The lowest BCUT2D eigenvalue weighted by Gasteiger charge is -2.27. The van der Waals surface area contributed by atoms with Gasteiger partial charge < -0.3 is 10.0 Å². The van der Waals surface area contributed by atoms with Gasteiger partial charge in [-0.25, -0.2) is 0 Å². The van der Waals surface area contributed by atoms with Crippen LogP contribution in [0.5, 0.6) is 0 Å². The second-order valence-electron chi connectivity index (χ2n) is 4.13. The standard InChI is InChI=1S/C13H16N2O/c14-10-11-4-1-2-6-13(11)15-8-3-5-12(15)7-9-16/h1-2,4,6,12,16H,3,5,7-9H2. The van der Waals surface area contributed by atoms with Crippen LogP contribution in [0.15, 0.2) is 24.3 Å². The molecule has 0 amide bonds. The molecule has 1 unspecified atom stereocenters. The van der Waals surface area contributed by atoms with Crippen molar-refractivity contribution in [3.05, 3.63) is 29.8 Å². The zero-order valence-corrected chi connectivity index (χ0v) is 9.26. The molecule has 1 saturated heterocycles. The molecule has 0 radical (unpaired) electrons. The van der Waals surface area contributed by atoms with E-state index in [2.05, 4.69) is 11.0 Å². The molecule has 1 heterocycles. The van der Waals surface area contributed by atoms with Gasteiger partial charge in [0, 0.05) is 19.2 Å². The summed E-state index contributed by atoms with van der Waals surface area (Å²) in [7, 11) is 0. The van der Waals surface area contributed by atoms with Gasteiger partial charge in [0.05, 0.1) is 11.3 Å². The summed E-state index contributed by atoms with van der Waals surface area (Å²) < 4.78 is 0. The molecule has 1 atom stereocenters. The highest BCUT2D eigenvalue weighted by molar-refractivity contribution is 5.60. The molecule has 0 aromatic heterocycles. The summed E-state index contributed by atoms with van der Waals surface area (Å²) in [5.41, 5.74) is 1.74. The molecule has 1 aliphatic heterocycles. The average molecular weight is 216 g/mol. The fourth-order valence-electron chi connectivity index (χ4n) is 2.42. The minimum atomic E-state index is 0.218. The van der Waals surface area contributed by atoms with Crippen molar-refractivity contribution in [2.45, 2.75) is 25.3 Å². The predicted octanol–water partition coefficient (Wildman–Crippen LogP) is 1.91. The summed E-state index contributed by atoms with van der Waals surface area (Å²) in [5, 5.41) is 18.1. The molecule has 0 saturated carbocycles. The quantitative estimate of drug-likeness (QED) is 0.839. The Hall–Kier alpha value is -1.53. The lowest BCUT2D eigenvalue weighted by atomic mass is 10.1. The maximum absolute atomic E-state index is 9.07. The smallest absolute Gasteiger partial charge is 0.101 e. The molecule has 84 valence electrons. The van der Waals surface area contributed by atoms with Gasteiger partial charge in [0.15, 0.2) is 0 Å². The summed E-state index contributed by atoms with van der Waals surface area (Å²) in [6.45, 7) is 1.21. The molecule has 0 aliphatic carbocycles. The van der Waals surface area contributed by atoms with Crippen molar-refractivity contribution in [2.24, 2.45) is 0 Å². The Morgan fingerprint density at radius 1 is 1.44 bits per heavy atom. The van der Waals surface area contributed by atoms with Crippen LogP contribution in [-0.4, -0.2) is 24.3 Å². The van der Waals surface area contributed by atoms with E-state index in [0.29, 0.717) is 6.04 Å². The molecular weight excluding hydrogens is 200 g/mol. The van der Waals surface area contributed by atoms with E-state index < -0.39 is 0 Å². The topological polar surface area (TPSA) is 47.3 Å². The van der Waals surface area contributed by atoms with Crippen LogP contribution >= 0.6 is 0 Å². The minimum Gasteiger partial charge on any atom is -0.396 e. The number of aliphatic hydroxyl groups is 1. The number of hydrogen-bond acceptors (Lipinski definition) is 3. The van der Waals surface area contributed by atoms with E-state index in [-0.39, 0.29) is 6.61 Å². The van der Waals surface area contributed by atoms with E-state index in [9.17, 15) is 0 Å². The first-order valence-electron chi connectivity index (χ1n) is 5.73. The fraction of sp³-hybridized carbons (Fsp3) is 0.462. The number of hydrogen-bond donors (Lipinski definition) is 1. The first-order valence-corrected chi connectivity index (χ1v) is 5.73. The van der Waals surface area contributed by atoms with E-state index in [0.717, 1.165) is 37.1 Å². The maximum atomic E-state index is 9.07. The van der Waals surface area contributed by atoms with Crippen LogP contribution in [0, 0.1) is 11.3 Å². The SMILES string of the molecule is N#Cc1ccccc1N1CCCC1CCO. The zero-order chi connectivity index (χ0) is 11.4. The largest absolute Gasteiger partial charge is 0.396 e. The Balaban J connectivity index is 2.26. The molecule has 0 spiro atoms. The monoisotopic (exact) mass is 216 g/mol. The first kappa shape index (κ1) is 11.0. The second kappa shape index (κ2) is 5.00. The Kier molecular flexibility index (Phi) is 3.43. The highest BCUT2D eigenvalue weighted by atomic mass is 16.3. The molecule has 16 heavy (non-hydrogen) atoms. The summed E-state index contributed by atoms with van der Waals surface area (Å²) in [6, 6.07) is 10.3. The molecular formula is C13H16N2O. The van der Waals surface area contributed by atoms with Gasteiger partial charge in [-0.05, 0) is 31.4 Å². The second-order valence-corrected chi connectivity index (χ2v) is 4.13. The van der Waals surface area contributed by atoms with Crippen LogP contribution in [-0.2, 0) is 0 Å². The van der Waals surface area contributed by atoms with Crippen molar-refractivity contribution in [2.75, 3.05) is 18.1 Å². The van der Waals surface area contributed by atoms with Crippen LogP contribution in [0.4, 0.5) is 5.69 Å². The Morgan fingerprint density at radius 3 is 3.00 bits per heavy atom. The Labute approximate surface area is 95.9 Å². The van der Waals surface area contributed by atoms with Crippen molar-refractivity contribution in [3.63, 3.8) is 0 Å². The Bertz CT molecular complexity index is 397. The molecule has 1 N–H and O–H groups in total. The number of rotatable bonds is 3. The minimum absolute atomic E-state index is 0.218. The Morgan fingerprint density at radius 2 is 2.25 bits per heavy atom. The van der Waals surface area contributed by atoms with Gasteiger partial charge in [-0.3, -0.25) is 0 Å². The fourth-order valence-corrected chi connectivity index (χ4v) is 2.42. The molecule has 0 bridgehead atoms. The van der Waals surface area contributed by atoms with E-state index in [1.807, 2.05) is 24.3 Å². The molecule has 3 nitrogen and oxygen atoms in total. The van der Waals surface area contributed by atoms with Gasteiger partial charge in [-0.1, -0.05) is 12.1 Å². The van der Waals surface area contributed by atoms with E-state index in [4.69, 9.17) is 10.4 Å². The highest BCUT2D eigenvalue weighted by Gasteiger charge is 2.25. The number of aliphatic hydroxyl groups excluding tert-OH is 1. The molecule has 1 aromatic rings. The van der Waals surface area contributed by atoms with Crippen LogP contribution in [0.2, 0.25) is 0 Å². The third kappa shape index (κ3) is 2.02. The van der Waals surface area contributed by atoms with E-state index >= 15 is 0 Å². The lowest BCUT2D eigenvalue weighted by Crippen LogP contribution is -2.30. The van der Waals surface area contributed by atoms with Gasteiger partial charge >= 0.3 is 0 Å². The molecule has 2 rings (SSSR count). The van der Waals surface area contributed by atoms with Gasteiger partial charge in [0.2, 0.25) is 0 Å². The number of anilines is 1. The van der Waals surface area contributed by atoms with E-state index in [1.54, 1.807) is 0 Å². The summed E-state index contributed by atoms with van der Waals surface area (Å²) in [4.78, 5) is 2.26. The first-order chi connectivity index (χ1) is 7.86. The van der Waals surface area contributed by atoms with Crippen molar-refractivity contribution >= 4 is 5.69 Å². The van der Waals surface area contributed by atoms with Gasteiger partial charge in [0.25, 0.3) is 0 Å². The summed E-state index contributed by atoms with van der Waals surface area (Å²) >= 11 is 0. The van der Waals surface area contributed by atoms with E-state index in [1.165, 1.54) is 0 Å². The zero-order valence-electron chi connectivity index (χ0n) is 9.26. The molecule has 1 aromatic carbocycles. The number of benzene rings is 1. The lowest BCUT2D eigenvalue weighted by molar-refractivity contribution is 0.276. The van der Waals surface area contributed by atoms with Crippen molar-refractivity contribution in [1.29, 1.82) is 5.26 Å². The van der Waals surface area contributed by atoms with Crippen LogP contribution in [0.1, 0.15) is 24.8 Å². The van der Waals surface area contributed by atoms with Crippen LogP contribution < -0.4 is 4.90 Å². The normalized spacial score (nSPS) is 19.8. The van der Waals surface area contributed by atoms with Gasteiger partial charge in [0.1, 0.15) is 6.07 Å². The van der Waals surface area contributed by atoms with Crippen LogP contribution in [0.25, 0.3) is 0 Å². The van der Waals surface area contributed by atoms with Crippen molar-refractivity contribution < 1.29 is 5.11 Å². The number of nitrogens with zero attached hydrogens (tertiary/aromatic N) is 2. The molecule has 1 aliphatic rings. The third-order valence-electron chi connectivity index (χ3n) is 3.17. The van der Waals surface area contributed by atoms with Crippen molar-refractivity contribution in [3.8, 4) is 6.07 Å². The maximum Gasteiger partial charge on any atom is 0.101 e. The number of para-hydroxylation sites is 1. The average Bonchev–Trinajstić information content (AvgIpc) is 2.77. The molecule has 3 heteroatoms. The number of nitriles is 1. The third-order valence-corrected chi connectivity index (χ3v) is 3.17. The highest BCUT2D eigenvalue weighted by Crippen LogP contribution is 2.29. The summed E-state index contributed by atoms with van der Waals surface area (Å²) in [6.07, 6.45) is 3.05. The van der Waals surface area contributed by atoms with Gasteiger partial charge in [-0.15, -0.1) is 0 Å². The van der Waals surface area contributed by atoms with Crippen molar-refractivity contribution in [1.82, 2.24) is 0 Å². The molecule has 1 fully saturated rings. The predicted molar refractivity (Wildman–Crippen MR) is 63.2 cm³/mol.